The Bertz CT molecular complexity index is 644. The van der Waals surface area contributed by atoms with Crippen molar-refractivity contribution in [3.63, 3.8) is 0 Å². The molecule has 0 saturated heterocycles. The molecule has 0 radical (unpaired) electrons. The summed E-state index contributed by atoms with van der Waals surface area (Å²) < 4.78 is 39.0. The normalized spacial score (nSPS) is 11.2. The number of sulfonamides is 1. The Labute approximate surface area is 105 Å². The standard InChI is InChI=1S/C12H11FN2O2S/c1-15(10-5-4-8-14-9-10)18(16,17)12-7-3-2-6-11(12)13/h2-9H,1H3. The highest BCUT2D eigenvalue weighted by atomic mass is 32.2. The highest BCUT2D eigenvalue weighted by molar-refractivity contribution is 7.92. The maximum absolute atomic E-state index is 13.5. The van der Waals surface area contributed by atoms with Crippen molar-refractivity contribution < 1.29 is 12.8 Å². The first kappa shape index (κ1) is 12.5. The molecule has 0 aliphatic rings. The van der Waals surface area contributed by atoms with Crippen LogP contribution in [-0.2, 0) is 10.0 Å². The summed E-state index contributed by atoms with van der Waals surface area (Å²) >= 11 is 0. The van der Waals surface area contributed by atoms with Crippen LogP contribution in [0.2, 0.25) is 0 Å². The molecule has 1 aromatic heterocycles. The summed E-state index contributed by atoms with van der Waals surface area (Å²) in [5.74, 6) is -0.770. The largest absolute Gasteiger partial charge is 0.268 e. The van der Waals surface area contributed by atoms with Gasteiger partial charge in [0.05, 0.1) is 11.9 Å². The summed E-state index contributed by atoms with van der Waals surface area (Å²) in [6, 6.07) is 8.47. The number of rotatable bonds is 3. The zero-order valence-electron chi connectivity index (χ0n) is 9.62. The molecule has 2 rings (SSSR count). The third-order valence-electron chi connectivity index (χ3n) is 2.48. The number of nitrogens with zero attached hydrogens (tertiary/aromatic N) is 2. The van der Waals surface area contributed by atoms with Gasteiger partial charge < -0.3 is 0 Å². The maximum atomic E-state index is 13.5. The molecule has 94 valence electrons. The van der Waals surface area contributed by atoms with E-state index < -0.39 is 15.8 Å². The van der Waals surface area contributed by atoms with Crippen LogP contribution >= 0.6 is 0 Å². The second-order valence-electron chi connectivity index (χ2n) is 3.61. The average molecular weight is 266 g/mol. The smallest absolute Gasteiger partial charge is 0.267 e. The van der Waals surface area contributed by atoms with E-state index in [0.717, 1.165) is 10.4 Å². The molecule has 2 aromatic rings. The lowest BCUT2D eigenvalue weighted by Crippen LogP contribution is -2.27. The van der Waals surface area contributed by atoms with E-state index in [1.54, 1.807) is 12.1 Å². The maximum Gasteiger partial charge on any atom is 0.267 e. The Hall–Kier alpha value is -1.95. The quantitative estimate of drug-likeness (QED) is 0.854. The molecule has 0 N–H and O–H groups in total. The summed E-state index contributed by atoms with van der Waals surface area (Å²) in [6.07, 6.45) is 2.94. The molecule has 6 heteroatoms. The van der Waals surface area contributed by atoms with E-state index in [4.69, 9.17) is 0 Å². The molecule has 0 amide bonds. The van der Waals surface area contributed by atoms with Gasteiger partial charge in [-0.1, -0.05) is 12.1 Å². The van der Waals surface area contributed by atoms with Crippen molar-refractivity contribution >= 4 is 15.7 Å². The monoisotopic (exact) mass is 266 g/mol. The fourth-order valence-electron chi connectivity index (χ4n) is 1.48. The predicted molar refractivity (Wildman–Crippen MR) is 66.2 cm³/mol. The van der Waals surface area contributed by atoms with Gasteiger partial charge in [0.15, 0.2) is 0 Å². The second kappa shape index (κ2) is 4.73. The summed E-state index contributed by atoms with van der Waals surface area (Å²) in [6.45, 7) is 0. The van der Waals surface area contributed by atoms with E-state index in [9.17, 15) is 12.8 Å². The van der Waals surface area contributed by atoms with Gasteiger partial charge in [-0.2, -0.15) is 0 Å². The number of benzene rings is 1. The van der Waals surface area contributed by atoms with Crippen molar-refractivity contribution in [1.82, 2.24) is 4.98 Å². The van der Waals surface area contributed by atoms with Crippen molar-refractivity contribution in [2.45, 2.75) is 4.90 Å². The molecule has 0 unspecified atom stereocenters. The number of anilines is 1. The van der Waals surface area contributed by atoms with Crippen LogP contribution in [0.1, 0.15) is 0 Å². The lowest BCUT2D eigenvalue weighted by Gasteiger charge is -2.19. The molecule has 0 fully saturated rings. The fourth-order valence-corrected chi connectivity index (χ4v) is 2.73. The minimum absolute atomic E-state index is 0.351. The van der Waals surface area contributed by atoms with Gasteiger partial charge in [-0.05, 0) is 24.3 Å². The third-order valence-corrected chi connectivity index (χ3v) is 4.30. The van der Waals surface area contributed by atoms with Gasteiger partial charge in [0.1, 0.15) is 10.7 Å². The molecule has 0 aliphatic heterocycles. The summed E-state index contributed by atoms with van der Waals surface area (Å²) in [7, 11) is -2.54. The van der Waals surface area contributed by atoms with Gasteiger partial charge in [-0.3, -0.25) is 9.29 Å². The SMILES string of the molecule is CN(c1cccnc1)S(=O)(=O)c1ccccc1F. The van der Waals surface area contributed by atoms with Crippen LogP contribution in [0, 0.1) is 5.82 Å². The van der Waals surface area contributed by atoms with Gasteiger partial charge >= 0.3 is 0 Å². The summed E-state index contributed by atoms with van der Waals surface area (Å²) in [5.41, 5.74) is 0.376. The Morgan fingerprint density at radius 3 is 2.50 bits per heavy atom. The van der Waals surface area contributed by atoms with Crippen LogP contribution < -0.4 is 4.31 Å². The fraction of sp³-hybridized carbons (Fsp3) is 0.0833. The van der Waals surface area contributed by atoms with E-state index in [1.165, 1.54) is 37.6 Å². The Morgan fingerprint density at radius 1 is 1.17 bits per heavy atom. The Balaban J connectivity index is 2.48. The molecule has 0 saturated carbocycles. The minimum Gasteiger partial charge on any atom is -0.268 e. The average Bonchev–Trinajstić information content (AvgIpc) is 2.39. The van der Waals surface area contributed by atoms with Crippen LogP contribution in [-0.4, -0.2) is 20.4 Å². The predicted octanol–water partition coefficient (Wildman–Crippen LogP) is 2.05. The lowest BCUT2D eigenvalue weighted by atomic mass is 10.3. The van der Waals surface area contributed by atoms with Gasteiger partial charge in [-0.15, -0.1) is 0 Å². The number of hydrogen-bond donors (Lipinski definition) is 0. The van der Waals surface area contributed by atoms with Crippen LogP contribution in [0.15, 0.2) is 53.7 Å². The third kappa shape index (κ3) is 2.19. The van der Waals surface area contributed by atoms with E-state index in [2.05, 4.69) is 4.98 Å². The highest BCUT2D eigenvalue weighted by Gasteiger charge is 2.24. The zero-order valence-corrected chi connectivity index (χ0v) is 10.4. The zero-order chi connectivity index (χ0) is 13.2. The first-order valence-electron chi connectivity index (χ1n) is 5.17. The van der Waals surface area contributed by atoms with E-state index >= 15 is 0 Å². The van der Waals surface area contributed by atoms with Crippen LogP contribution in [0.25, 0.3) is 0 Å². The molecule has 1 aromatic carbocycles. The van der Waals surface area contributed by atoms with E-state index in [1.807, 2.05) is 0 Å². The van der Waals surface area contributed by atoms with Gasteiger partial charge in [0.25, 0.3) is 10.0 Å². The number of pyridine rings is 1. The first-order chi connectivity index (χ1) is 8.53. The van der Waals surface area contributed by atoms with Gasteiger partial charge in [0.2, 0.25) is 0 Å². The molecule has 0 bridgehead atoms. The first-order valence-corrected chi connectivity index (χ1v) is 6.61. The molecule has 1 heterocycles. The van der Waals surface area contributed by atoms with Crippen molar-refractivity contribution in [3.05, 3.63) is 54.6 Å². The molecule has 0 atom stereocenters. The van der Waals surface area contributed by atoms with Crippen LogP contribution in [0.5, 0.6) is 0 Å². The topological polar surface area (TPSA) is 50.3 Å². The molecular weight excluding hydrogens is 255 g/mol. The summed E-state index contributed by atoms with van der Waals surface area (Å²) in [4.78, 5) is 3.48. The van der Waals surface area contributed by atoms with Crippen LogP contribution in [0.3, 0.4) is 0 Å². The Kier molecular flexibility index (Phi) is 3.29. The van der Waals surface area contributed by atoms with Crippen LogP contribution in [0.4, 0.5) is 10.1 Å². The Morgan fingerprint density at radius 2 is 1.89 bits per heavy atom. The van der Waals surface area contributed by atoms with Crippen molar-refractivity contribution in [2.75, 3.05) is 11.4 Å². The molecular formula is C12H11FN2O2S. The molecule has 0 spiro atoms. The second-order valence-corrected chi connectivity index (χ2v) is 5.55. The molecule has 0 aliphatic carbocycles. The number of hydrogen-bond acceptors (Lipinski definition) is 3. The van der Waals surface area contributed by atoms with Crippen molar-refractivity contribution in [2.24, 2.45) is 0 Å². The van der Waals surface area contributed by atoms with Crippen molar-refractivity contribution in [1.29, 1.82) is 0 Å². The number of halogens is 1. The lowest BCUT2D eigenvalue weighted by molar-refractivity contribution is 0.566. The molecule has 18 heavy (non-hydrogen) atoms. The van der Waals surface area contributed by atoms with Gasteiger partial charge in [-0.25, -0.2) is 12.8 Å². The van der Waals surface area contributed by atoms with Gasteiger partial charge in [0, 0.05) is 13.2 Å². The minimum atomic E-state index is -3.90. The molecule has 4 nitrogen and oxygen atoms in total. The van der Waals surface area contributed by atoms with E-state index in [0.29, 0.717) is 5.69 Å². The number of aromatic nitrogens is 1. The highest BCUT2D eigenvalue weighted by Crippen LogP contribution is 2.22. The van der Waals surface area contributed by atoms with Crippen molar-refractivity contribution in [3.8, 4) is 0 Å². The van der Waals surface area contributed by atoms with E-state index in [-0.39, 0.29) is 4.90 Å². The summed E-state index contributed by atoms with van der Waals surface area (Å²) in [5, 5.41) is 0.